The van der Waals surface area contributed by atoms with Crippen LogP contribution in [0, 0.1) is 5.82 Å². The van der Waals surface area contributed by atoms with E-state index < -0.39 is 11.7 Å². The van der Waals surface area contributed by atoms with Crippen LogP contribution in [0.5, 0.6) is 5.75 Å². The number of anilines is 2. The number of benzene rings is 2. The number of aliphatic hydroxyl groups excluding tert-OH is 1. The van der Waals surface area contributed by atoms with Gasteiger partial charge in [-0.05, 0) is 82.0 Å². The van der Waals surface area contributed by atoms with Crippen molar-refractivity contribution in [3.63, 3.8) is 0 Å². The molecule has 2 aromatic heterocycles. The summed E-state index contributed by atoms with van der Waals surface area (Å²) in [6, 6.07) is 15.4. The second-order valence-corrected chi connectivity index (χ2v) is 13.2. The van der Waals surface area contributed by atoms with E-state index in [1.807, 2.05) is 6.07 Å². The summed E-state index contributed by atoms with van der Waals surface area (Å²) in [7, 11) is 3.72. The molecule has 1 aliphatic carbocycles. The van der Waals surface area contributed by atoms with E-state index >= 15 is 4.39 Å². The number of para-hydroxylation sites is 1. The van der Waals surface area contributed by atoms with Gasteiger partial charge in [-0.2, -0.15) is 0 Å². The van der Waals surface area contributed by atoms with Crippen molar-refractivity contribution in [1.82, 2.24) is 24.3 Å². The lowest BCUT2D eigenvalue weighted by atomic mass is 9.93. The molecule has 2 aromatic carbocycles. The Morgan fingerprint density at radius 1 is 0.936 bits per heavy atom. The lowest BCUT2D eigenvalue weighted by Crippen LogP contribution is -2.52. The van der Waals surface area contributed by atoms with Crippen LogP contribution in [0.15, 0.2) is 54.7 Å². The first-order valence-corrected chi connectivity index (χ1v) is 16.9. The van der Waals surface area contributed by atoms with Gasteiger partial charge >= 0.3 is 0 Å². The maximum Gasteiger partial charge on any atom is 0.261 e. The molecule has 10 nitrogen and oxygen atoms in total. The molecular weight excluding hydrogens is 597 g/mol. The molecule has 3 aliphatic rings. The van der Waals surface area contributed by atoms with Gasteiger partial charge in [-0.1, -0.05) is 12.1 Å². The van der Waals surface area contributed by atoms with Crippen LogP contribution >= 0.6 is 0 Å². The number of piperidine rings is 1. The average molecular weight is 642 g/mol. The minimum atomic E-state index is -0.722. The number of aromatic nitrogens is 3. The molecule has 0 unspecified atom stereocenters. The van der Waals surface area contributed by atoms with Crippen molar-refractivity contribution < 1.29 is 19.0 Å². The fourth-order valence-corrected chi connectivity index (χ4v) is 7.54. The van der Waals surface area contributed by atoms with Gasteiger partial charge in [0, 0.05) is 68.8 Å². The maximum atomic E-state index is 15.9. The van der Waals surface area contributed by atoms with Crippen LogP contribution in [0.25, 0.3) is 22.3 Å². The highest BCUT2D eigenvalue weighted by molar-refractivity contribution is 6.05. The summed E-state index contributed by atoms with van der Waals surface area (Å²) in [4.78, 5) is 30.3. The van der Waals surface area contributed by atoms with E-state index in [0.717, 1.165) is 81.7 Å². The predicted molar refractivity (Wildman–Crippen MR) is 182 cm³/mol. The number of methoxy groups -OCH3 is 1. The molecule has 1 saturated carbocycles. The number of imidazole rings is 1. The van der Waals surface area contributed by atoms with Gasteiger partial charge in [0.1, 0.15) is 11.4 Å². The standard InChI is InChI=1S/C36H44FN7O3/c1-41-19-21-43(22-20-41)24-14-17-42(18-15-24)26-9-12-30-31(23-26)44(25-7-10-27(45)11-8-25)36(39-30)40-35(46)29-13-16-38-34(33(29)37)28-5-3-4-6-32(28)47-2/h3-6,9,12-13,16,23-25,27,45H,7-8,10-11,14-15,17-22H2,1-2H3,(H,39,40,46). The SMILES string of the molecule is COc1ccccc1-c1nccc(C(=O)Nc2nc3ccc(N4CCC(N5CCN(C)CC5)CC4)cc3n2C2CCC(O)CC2)c1F. The summed E-state index contributed by atoms with van der Waals surface area (Å²) in [5, 5.41) is 13.2. The quantitative estimate of drug-likeness (QED) is 0.285. The number of halogens is 1. The minimum absolute atomic E-state index is 0.0448. The van der Waals surface area contributed by atoms with Crippen molar-refractivity contribution in [1.29, 1.82) is 0 Å². The highest BCUT2D eigenvalue weighted by Gasteiger charge is 2.30. The van der Waals surface area contributed by atoms with Gasteiger partial charge in [-0.25, -0.2) is 9.37 Å². The number of nitrogens with zero attached hydrogens (tertiary/aromatic N) is 6. The van der Waals surface area contributed by atoms with E-state index in [1.54, 1.807) is 24.3 Å². The molecule has 248 valence electrons. The van der Waals surface area contributed by atoms with E-state index in [9.17, 15) is 9.90 Å². The molecule has 2 aliphatic heterocycles. The molecule has 0 spiro atoms. The Balaban J connectivity index is 1.16. The first-order valence-electron chi connectivity index (χ1n) is 16.9. The van der Waals surface area contributed by atoms with E-state index in [-0.39, 0.29) is 23.4 Å². The van der Waals surface area contributed by atoms with Crippen molar-refractivity contribution >= 4 is 28.6 Å². The number of carbonyl (C=O) groups is 1. The third-order valence-corrected chi connectivity index (χ3v) is 10.3. The van der Waals surface area contributed by atoms with E-state index in [2.05, 4.69) is 48.7 Å². The van der Waals surface area contributed by atoms with E-state index in [0.29, 0.717) is 36.1 Å². The number of fused-ring (bicyclic) bond motifs is 1. The molecular formula is C36H44FN7O3. The van der Waals surface area contributed by atoms with Crippen molar-refractivity contribution in [2.24, 2.45) is 0 Å². The van der Waals surface area contributed by atoms with Gasteiger partial charge in [0.15, 0.2) is 5.82 Å². The third kappa shape index (κ3) is 6.44. The van der Waals surface area contributed by atoms with Crippen LogP contribution in [0.1, 0.15) is 54.9 Å². The molecule has 4 heterocycles. The Kier molecular flexibility index (Phi) is 9.11. The van der Waals surface area contributed by atoms with Crippen molar-refractivity contribution in [3.8, 4) is 17.0 Å². The zero-order valence-corrected chi connectivity index (χ0v) is 27.2. The molecule has 0 bridgehead atoms. The minimum Gasteiger partial charge on any atom is -0.496 e. The Bertz CT molecular complexity index is 1720. The summed E-state index contributed by atoms with van der Waals surface area (Å²) in [5.74, 6) is -0.468. The lowest BCUT2D eigenvalue weighted by molar-refractivity contribution is 0.0982. The van der Waals surface area contributed by atoms with Crippen LogP contribution in [-0.4, -0.2) is 101 Å². The van der Waals surface area contributed by atoms with Gasteiger partial charge in [-0.3, -0.25) is 20.0 Å². The van der Waals surface area contributed by atoms with Gasteiger partial charge in [0.05, 0.1) is 29.8 Å². The Morgan fingerprint density at radius 3 is 2.43 bits per heavy atom. The average Bonchev–Trinajstić information content (AvgIpc) is 3.46. The largest absolute Gasteiger partial charge is 0.496 e. The Labute approximate surface area is 275 Å². The number of ether oxygens (including phenoxy) is 1. The molecule has 3 fully saturated rings. The molecule has 4 aromatic rings. The Morgan fingerprint density at radius 2 is 1.68 bits per heavy atom. The number of aliphatic hydroxyl groups is 1. The zero-order chi connectivity index (χ0) is 32.5. The number of likely N-dealkylation sites (N-methyl/N-ethyl adjacent to an activating group) is 1. The zero-order valence-electron chi connectivity index (χ0n) is 27.2. The first kappa shape index (κ1) is 31.5. The number of piperazine rings is 1. The van der Waals surface area contributed by atoms with Gasteiger partial charge in [-0.15, -0.1) is 0 Å². The van der Waals surface area contributed by atoms with Crippen LogP contribution in [0.4, 0.5) is 16.0 Å². The number of pyridine rings is 1. The van der Waals surface area contributed by atoms with Crippen LogP contribution in [-0.2, 0) is 0 Å². The summed E-state index contributed by atoms with van der Waals surface area (Å²) in [6.07, 6.45) is 6.26. The van der Waals surface area contributed by atoms with Crippen molar-refractivity contribution in [3.05, 3.63) is 66.1 Å². The number of carbonyl (C=O) groups excluding carboxylic acids is 1. The smallest absolute Gasteiger partial charge is 0.261 e. The third-order valence-electron chi connectivity index (χ3n) is 10.3. The first-order chi connectivity index (χ1) is 22.9. The molecule has 2 saturated heterocycles. The monoisotopic (exact) mass is 641 g/mol. The highest BCUT2D eigenvalue weighted by atomic mass is 19.1. The molecule has 0 atom stereocenters. The number of hydrogen-bond acceptors (Lipinski definition) is 8. The molecule has 0 radical (unpaired) electrons. The summed E-state index contributed by atoms with van der Waals surface area (Å²) in [6.45, 7) is 6.53. The maximum absolute atomic E-state index is 15.9. The van der Waals surface area contributed by atoms with Gasteiger partial charge in [0.25, 0.3) is 5.91 Å². The topological polar surface area (TPSA) is 99.0 Å². The number of rotatable bonds is 7. The molecule has 7 rings (SSSR count). The van der Waals surface area contributed by atoms with E-state index in [1.165, 1.54) is 19.4 Å². The summed E-state index contributed by atoms with van der Waals surface area (Å²) >= 11 is 0. The predicted octanol–water partition coefficient (Wildman–Crippen LogP) is 5.19. The van der Waals surface area contributed by atoms with Crippen LogP contribution in [0.2, 0.25) is 0 Å². The van der Waals surface area contributed by atoms with Crippen LogP contribution < -0.4 is 15.0 Å². The lowest BCUT2D eigenvalue weighted by Gasteiger charge is -2.42. The highest BCUT2D eigenvalue weighted by Crippen LogP contribution is 2.37. The van der Waals surface area contributed by atoms with Crippen molar-refractivity contribution in [2.75, 3.05) is 63.6 Å². The summed E-state index contributed by atoms with van der Waals surface area (Å²) in [5.41, 5.74) is 3.24. The van der Waals surface area contributed by atoms with Gasteiger partial charge in [0.2, 0.25) is 5.95 Å². The summed E-state index contributed by atoms with van der Waals surface area (Å²) < 4.78 is 23.4. The fraction of sp³-hybridized carbons (Fsp3) is 0.472. The normalized spacial score (nSPS) is 21.7. The second-order valence-electron chi connectivity index (χ2n) is 13.2. The molecule has 11 heteroatoms. The Hall–Kier alpha value is -4.06. The van der Waals surface area contributed by atoms with Crippen molar-refractivity contribution in [2.45, 2.75) is 56.7 Å². The number of hydrogen-bond donors (Lipinski definition) is 2. The fourth-order valence-electron chi connectivity index (χ4n) is 7.54. The van der Waals surface area contributed by atoms with E-state index in [4.69, 9.17) is 9.72 Å². The molecule has 47 heavy (non-hydrogen) atoms. The second kappa shape index (κ2) is 13.6. The van der Waals surface area contributed by atoms with Gasteiger partial charge < -0.3 is 24.2 Å². The number of nitrogens with one attached hydrogen (secondary N) is 1. The van der Waals surface area contributed by atoms with Crippen LogP contribution in [0.3, 0.4) is 0 Å². The number of amides is 1. The molecule has 1 amide bonds. The molecule has 2 N–H and O–H groups in total.